The molecule has 3 N–H and O–H groups in total. The average molecular weight is 508 g/mol. The fraction of sp³-hybridized carbons (Fsp3) is 0.556. The third kappa shape index (κ3) is 9.41. The number of hydrogen-bond acceptors (Lipinski definition) is 4. The lowest BCUT2D eigenvalue weighted by molar-refractivity contribution is -0.121. The molecule has 27 heavy (non-hydrogen) atoms. The zero-order chi connectivity index (χ0) is 18.8. The molecule has 0 radical (unpaired) electrons. The number of amides is 1. The zero-order valence-electron chi connectivity index (χ0n) is 15.6. The third-order valence-electron chi connectivity index (χ3n) is 4.24. The van der Waals surface area contributed by atoms with E-state index in [0.29, 0.717) is 18.9 Å². The first-order valence-corrected chi connectivity index (χ1v) is 10.8. The maximum Gasteiger partial charge on any atom is 0.222 e. The Labute approximate surface area is 178 Å². The molecule has 1 heterocycles. The Hall–Kier alpha value is -1.36. The molecule has 1 atom stereocenters. The summed E-state index contributed by atoms with van der Waals surface area (Å²) in [6.45, 7) is 1.24. The Balaban J connectivity index is 0.00000364. The predicted molar refractivity (Wildman–Crippen MR) is 119 cm³/mol. The molecule has 1 aliphatic heterocycles. The Kier molecular flexibility index (Phi) is 10.7. The van der Waals surface area contributed by atoms with Crippen LogP contribution in [0.3, 0.4) is 0 Å². The first-order chi connectivity index (χ1) is 12.5. The number of guanidine groups is 1. The Morgan fingerprint density at radius 2 is 1.89 bits per heavy atom. The number of benzene rings is 1. The molecule has 1 amide bonds. The van der Waals surface area contributed by atoms with E-state index in [4.69, 9.17) is 0 Å². The minimum absolute atomic E-state index is 0. The smallest absolute Gasteiger partial charge is 0.222 e. The van der Waals surface area contributed by atoms with Crippen LogP contribution in [0.5, 0.6) is 0 Å². The number of rotatable bonds is 8. The standard InChI is InChI=1S/C18H28N4O3S.HI/c1-19-18(20-11-5-8-15-6-3-2-4-7-15)21-12-9-17(23)22-16-10-13-26(24,25)14-16;/h2-4,6-7,16H,5,8-14H2,1H3,(H,22,23)(H2,19,20,21);1H. The van der Waals surface area contributed by atoms with Gasteiger partial charge in [0.15, 0.2) is 15.8 Å². The van der Waals surface area contributed by atoms with Crippen LogP contribution in [0.15, 0.2) is 35.3 Å². The lowest BCUT2D eigenvalue weighted by Crippen LogP contribution is -2.41. The van der Waals surface area contributed by atoms with Crippen molar-refractivity contribution in [1.29, 1.82) is 0 Å². The normalized spacial score (nSPS) is 18.4. The molecule has 0 spiro atoms. The van der Waals surface area contributed by atoms with Crippen molar-refractivity contribution in [2.45, 2.75) is 31.7 Å². The molecule has 0 aliphatic carbocycles. The van der Waals surface area contributed by atoms with Gasteiger partial charge in [0.25, 0.3) is 0 Å². The lowest BCUT2D eigenvalue weighted by Gasteiger charge is -2.13. The van der Waals surface area contributed by atoms with Crippen LogP contribution in [0.25, 0.3) is 0 Å². The molecule has 1 aliphatic rings. The molecule has 9 heteroatoms. The van der Waals surface area contributed by atoms with Gasteiger partial charge in [-0.15, -0.1) is 24.0 Å². The van der Waals surface area contributed by atoms with Gasteiger partial charge < -0.3 is 16.0 Å². The van der Waals surface area contributed by atoms with E-state index in [0.717, 1.165) is 19.4 Å². The maximum absolute atomic E-state index is 11.9. The van der Waals surface area contributed by atoms with Crippen molar-refractivity contribution < 1.29 is 13.2 Å². The summed E-state index contributed by atoms with van der Waals surface area (Å²) in [6, 6.07) is 10.1. The summed E-state index contributed by atoms with van der Waals surface area (Å²) < 4.78 is 22.8. The van der Waals surface area contributed by atoms with Crippen LogP contribution < -0.4 is 16.0 Å². The van der Waals surface area contributed by atoms with Gasteiger partial charge in [0, 0.05) is 32.6 Å². The van der Waals surface area contributed by atoms with Crippen LogP contribution in [0.1, 0.15) is 24.8 Å². The molecular weight excluding hydrogens is 479 g/mol. The first-order valence-electron chi connectivity index (χ1n) is 8.97. The van der Waals surface area contributed by atoms with Gasteiger partial charge in [0.2, 0.25) is 5.91 Å². The van der Waals surface area contributed by atoms with Crippen molar-refractivity contribution in [3.05, 3.63) is 35.9 Å². The van der Waals surface area contributed by atoms with Crippen molar-refractivity contribution in [2.75, 3.05) is 31.6 Å². The molecule has 1 aromatic rings. The van der Waals surface area contributed by atoms with E-state index in [9.17, 15) is 13.2 Å². The second-order valence-corrected chi connectivity index (χ2v) is 8.66. The number of nitrogens with one attached hydrogen (secondary N) is 3. The zero-order valence-corrected chi connectivity index (χ0v) is 18.8. The molecule has 1 saturated heterocycles. The maximum atomic E-state index is 11.9. The van der Waals surface area contributed by atoms with Crippen LogP contribution in [-0.2, 0) is 21.1 Å². The lowest BCUT2D eigenvalue weighted by atomic mass is 10.1. The SMILES string of the molecule is CN=C(NCCCc1ccccc1)NCCC(=O)NC1CCS(=O)(=O)C1.I. The van der Waals surface area contributed by atoms with Gasteiger partial charge in [0.1, 0.15) is 0 Å². The number of carbonyl (C=O) groups excluding carboxylic acids is 1. The van der Waals surface area contributed by atoms with Gasteiger partial charge >= 0.3 is 0 Å². The molecule has 7 nitrogen and oxygen atoms in total. The topological polar surface area (TPSA) is 99.7 Å². The molecule has 1 aromatic carbocycles. The van der Waals surface area contributed by atoms with E-state index in [-0.39, 0.29) is 53.9 Å². The quantitative estimate of drug-likeness (QED) is 0.212. The van der Waals surface area contributed by atoms with Crippen molar-refractivity contribution in [2.24, 2.45) is 4.99 Å². The summed E-state index contributed by atoms with van der Waals surface area (Å²) in [7, 11) is -1.28. The van der Waals surface area contributed by atoms with E-state index < -0.39 is 9.84 Å². The van der Waals surface area contributed by atoms with Gasteiger partial charge in [-0.2, -0.15) is 0 Å². The second-order valence-electron chi connectivity index (χ2n) is 6.43. The molecule has 0 aromatic heterocycles. The molecule has 1 fully saturated rings. The highest BCUT2D eigenvalue weighted by atomic mass is 127. The van der Waals surface area contributed by atoms with Gasteiger partial charge in [-0.3, -0.25) is 9.79 Å². The van der Waals surface area contributed by atoms with E-state index in [1.807, 2.05) is 18.2 Å². The summed E-state index contributed by atoms with van der Waals surface area (Å²) in [6.07, 6.45) is 2.77. The fourth-order valence-electron chi connectivity index (χ4n) is 2.87. The Bertz CT molecular complexity index is 711. The van der Waals surface area contributed by atoms with Gasteiger partial charge in [0.05, 0.1) is 11.5 Å². The van der Waals surface area contributed by atoms with E-state index >= 15 is 0 Å². The summed E-state index contributed by atoms with van der Waals surface area (Å²) in [5, 5.41) is 9.10. The van der Waals surface area contributed by atoms with Crippen LogP contribution in [0.2, 0.25) is 0 Å². The third-order valence-corrected chi connectivity index (χ3v) is 6.01. The molecule has 152 valence electrons. The number of halogens is 1. The van der Waals surface area contributed by atoms with E-state index in [1.54, 1.807) is 7.05 Å². The predicted octanol–water partition coefficient (Wildman–Crippen LogP) is 1.10. The summed E-state index contributed by atoms with van der Waals surface area (Å²) in [5.74, 6) is 0.737. The van der Waals surface area contributed by atoms with Crippen molar-refractivity contribution in [3.8, 4) is 0 Å². The number of nitrogens with zero attached hydrogens (tertiary/aromatic N) is 1. The summed E-state index contributed by atoms with van der Waals surface area (Å²) in [5.41, 5.74) is 1.31. The molecule has 0 saturated carbocycles. The van der Waals surface area contributed by atoms with Gasteiger partial charge in [-0.25, -0.2) is 8.42 Å². The fourth-order valence-corrected chi connectivity index (χ4v) is 4.54. The number of aryl methyl sites for hydroxylation is 1. The minimum atomic E-state index is -2.97. The summed E-state index contributed by atoms with van der Waals surface area (Å²) >= 11 is 0. The van der Waals surface area contributed by atoms with E-state index in [2.05, 4.69) is 33.1 Å². The number of hydrogen-bond donors (Lipinski definition) is 3. The Morgan fingerprint density at radius 3 is 2.52 bits per heavy atom. The van der Waals surface area contributed by atoms with Crippen molar-refractivity contribution in [3.63, 3.8) is 0 Å². The Morgan fingerprint density at radius 1 is 1.19 bits per heavy atom. The molecule has 0 bridgehead atoms. The van der Waals surface area contributed by atoms with Crippen molar-refractivity contribution >= 4 is 45.7 Å². The van der Waals surface area contributed by atoms with Crippen LogP contribution in [0, 0.1) is 0 Å². The van der Waals surface area contributed by atoms with Gasteiger partial charge in [-0.05, 0) is 24.8 Å². The highest BCUT2D eigenvalue weighted by Crippen LogP contribution is 2.11. The number of aliphatic imine (C=N–C) groups is 1. The highest BCUT2D eigenvalue weighted by molar-refractivity contribution is 14.0. The second kappa shape index (κ2) is 12.2. The minimum Gasteiger partial charge on any atom is -0.356 e. The molecule has 2 rings (SSSR count). The molecule has 1 unspecified atom stereocenters. The summed E-state index contributed by atoms with van der Waals surface area (Å²) in [4.78, 5) is 16.0. The highest BCUT2D eigenvalue weighted by Gasteiger charge is 2.28. The monoisotopic (exact) mass is 508 g/mol. The largest absolute Gasteiger partial charge is 0.356 e. The number of carbonyl (C=O) groups is 1. The first kappa shape index (κ1) is 23.7. The average Bonchev–Trinajstić information content (AvgIpc) is 2.96. The van der Waals surface area contributed by atoms with E-state index in [1.165, 1.54) is 5.56 Å². The van der Waals surface area contributed by atoms with Crippen LogP contribution >= 0.6 is 24.0 Å². The van der Waals surface area contributed by atoms with Crippen LogP contribution in [-0.4, -0.2) is 58.0 Å². The van der Waals surface area contributed by atoms with Gasteiger partial charge in [-0.1, -0.05) is 30.3 Å². The van der Waals surface area contributed by atoms with Crippen LogP contribution in [0.4, 0.5) is 0 Å². The van der Waals surface area contributed by atoms with Crippen molar-refractivity contribution in [1.82, 2.24) is 16.0 Å². The number of sulfone groups is 1. The molecular formula is C18H29IN4O3S.